The Labute approximate surface area is 141 Å². The molecule has 2 rings (SSSR count). The first-order valence-corrected chi connectivity index (χ1v) is 7.34. The Morgan fingerprint density at radius 3 is 2.29 bits per heavy atom. The maximum atomic E-state index is 12.0. The smallest absolute Gasteiger partial charge is 0.340 e. The van der Waals surface area contributed by atoms with Gasteiger partial charge in [0.15, 0.2) is 11.5 Å². The van der Waals surface area contributed by atoms with Gasteiger partial charge in [-0.3, -0.25) is 0 Å². The molecular weight excluding hydrogens is 310 g/mol. The van der Waals surface area contributed by atoms with Crippen molar-refractivity contribution in [1.82, 2.24) is 0 Å². The Kier molecular flexibility index (Phi) is 5.89. The summed E-state index contributed by atoms with van der Waals surface area (Å²) in [4.78, 5) is 12.0. The topological polar surface area (TPSA) is 66.0 Å². The molecule has 2 aromatic rings. The third-order valence-electron chi connectivity index (χ3n) is 3.55. The first kappa shape index (κ1) is 17.5. The van der Waals surface area contributed by atoms with Crippen molar-refractivity contribution < 1.29 is 23.7 Å². The number of hydrogen-bond donors (Lipinski definition) is 1. The SMILES string of the molecule is COC(=O)c1cc(OC)c(OC)cc1NCc1cccc(OC)c1. The van der Waals surface area contributed by atoms with Gasteiger partial charge in [-0.15, -0.1) is 0 Å². The van der Waals surface area contributed by atoms with E-state index in [9.17, 15) is 4.79 Å². The van der Waals surface area contributed by atoms with Crippen molar-refractivity contribution in [3.63, 3.8) is 0 Å². The van der Waals surface area contributed by atoms with Crippen LogP contribution in [0.3, 0.4) is 0 Å². The fourth-order valence-electron chi connectivity index (χ4n) is 2.28. The molecule has 0 unspecified atom stereocenters. The number of rotatable bonds is 7. The highest BCUT2D eigenvalue weighted by Gasteiger charge is 2.17. The first-order chi connectivity index (χ1) is 11.6. The molecule has 0 heterocycles. The molecule has 0 saturated carbocycles. The lowest BCUT2D eigenvalue weighted by atomic mass is 10.1. The summed E-state index contributed by atoms with van der Waals surface area (Å²) < 4.78 is 20.6. The maximum Gasteiger partial charge on any atom is 0.340 e. The molecule has 0 aliphatic carbocycles. The number of carbonyl (C=O) groups is 1. The van der Waals surface area contributed by atoms with Gasteiger partial charge in [0.2, 0.25) is 0 Å². The fourth-order valence-corrected chi connectivity index (χ4v) is 2.28. The second kappa shape index (κ2) is 8.10. The predicted molar refractivity (Wildman–Crippen MR) is 91.2 cm³/mol. The van der Waals surface area contributed by atoms with Gasteiger partial charge in [0.1, 0.15) is 5.75 Å². The Morgan fingerprint density at radius 1 is 0.958 bits per heavy atom. The molecule has 2 aromatic carbocycles. The molecule has 6 heteroatoms. The van der Waals surface area contributed by atoms with Crippen LogP contribution in [0.1, 0.15) is 15.9 Å². The molecule has 0 aliphatic heterocycles. The molecule has 0 bridgehead atoms. The molecule has 0 radical (unpaired) electrons. The van der Waals surface area contributed by atoms with Gasteiger partial charge in [-0.25, -0.2) is 4.79 Å². The van der Waals surface area contributed by atoms with E-state index in [0.717, 1.165) is 11.3 Å². The zero-order valence-corrected chi connectivity index (χ0v) is 14.2. The van der Waals surface area contributed by atoms with Gasteiger partial charge in [0.25, 0.3) is 0 Å². The molecule has 0 spiro atoms. The van der Waals surface area contributed by atoms with Crippen LogP contribution in [0.15, 0.2) is 36.4 Å². The van der Waals surface area contributed by atoms with Gasteiger partial charge in [0.05, 0.1) is 39.7 Å². The van der Waals surface area contributed by atoms with E-state index >= 15 is 0 Å². The number of nitrogens with one attached hydrogen (secondary N) is 1. The molecule has 0 aliphatic rings. The molecular formula is C18H21NO5. The van der Waals surface area contributed by atoms with Gasteiger partial charge < -0.3 is 24.3 Å². The van der Waals surface area contributed by atoms with Crippen LogP contribution in [-0.4, -0.2) is 34.4 Å². The minimum atomic E-state index is -0.455. The van der Waals surface area contributed by atoms with Gasteiger partial charge in [-0.05, 0) is 17.7 Å². The predicted octanol–water partition coefficient (Wildman–Crippen LogP) is 3.11. The first-order valence-electron chi connectivity index (χ1n) is 7.34. The summed E-state index contributed by atoms with van der Waals surface area (Å²) in [5.74, 6) is 1.31. The number of hydrogen-bond acceptors (Lipinski definition) is 6. The Hall–Kier alpha value is -2.89. The van der Waals surface area contributed by atoms with Crippen molar-refractivity contribution in [2.24, 2.45) is 0 Å². The van der Waals surface area contributed by atoms with Crippen LogP contribution in [0.5, 0.6) is 17.2 Å². The number of ether oxygens (including phenoxy) is 4. The van der Waals surface area contributed by atoms with E-state index in [0.29, 0.717) is 29.3 Å². The van der Waals surface area contributed by atoms with E-state index in [1.165, 1.54) is 14.2 Å². The van der Waals surface area contributed by atoms with Gasteiger partial charge >= 0.3 is 5.97 Å². The Morgan fingerprint density at radius 2 is 1.67 bits per heavy atom. The van der Waals surface area contributed by atoms with E-state index in [2.05, 4.69) is 5.32 Å². The molecule has 0 aromatic heterocycles. The molecule has 24 heavy (non-hydrogen) atoms. The van der Waals surface area contributed by atoms with Crippen molar-refractivity contribution in [2.45, 2.75) is 6.54 Å². The summed E-state index contributed by atoms with van der Waals surface area (Å²) in [5, 5.41) is 3.23. The average molecular weight is 331 g/mol. The molecule has 6 nitrogen and oxygen atoms in total. The lowest BCUT2D eigenvalue weighted by Crippen LogP contribution is -2.09. The standard InChI is InChI=1S/C18H21NO5/c1-21-13-7-5-6-12(8-13)11-19-15-10-17(23-3)16(22-2)9-14(15)18(20)24-4/h5-10,19H,11H2,1-4H3. The average Bonchev–Trinajstić information content (AvgIpc) is 2.65. The molecule has 0 atom stereocenters. The summed E-state index contributed by atoms with van der Waals surface area (Å²) >= 11 is 0. The van der Waals surface area contributed by atoms with E-state index in [1.54, 1.807) is 26.4 Å². The monoisotopic (exact) mass is 331 g/mol. The quantitative estimate of drug-likeness (QED) is 0.787. The summed E-state index contributed by atoms with van der Waals surface area (Å²) in [7, 11) is 6.02. The fraction of sp³-hybridized carbons (Fsp3) is 0.278. The van der Waals surface area contributed by atoms with Crippen molar-refractivity contribution in [2.75, 3.05) is 33.8 Å². The number of benzene rings is 2. The molecule has 128 valence electrons. The van der Waals surface area contributed by atoms with Gasteiger partial charge in [-0.2, -0.15) is 0 Å². The highest BCUT2D eigenvalue weighted by atomic mass is 16.5. The van der Waals surface area contributed by atoms with E-state index in [1.807, 2.05) is 24.3 Å². The Balaban J connectivity index is 2.31. The van der Waals surface area contributed by atoms with Crippen LogP contribution in [-0.2, 0) is 11.3 Å². The number of esters is 1. The summed E-state index contributed by atoms with van der Waals surface area (Å²) in [6.07, 6.45) is 0. The lowest BCUT2D eigenvalue weighted by Gasteiger charge is -2.15. The third kappa shape index (κ3) is 3.90. The molecule has 0 fully saturated rings. The Bertz CT molecular complexity index is 715. The highest BCUT2D eigenvalue weighted by molar-refractivity contribution is 5.96. The van der Waals surface area contributed by atoms with E-state index < -0.39 is 5.97 Å². The summed E-state index contributed by atoms with van der Waals surface area (Å²) in [6, 6.07) is 11.0. The van der Waals surface area contributed by atoms with Gasteiger partial charge in [-0.1, -0.05) is 12.1 Å². The van der Waals surface area contributed by atoms with Crippen LogP contribution in [0.25, 0.3) is 0 Å². The minimum absolute atomic E-state index is 0.373. The van der Waals surface area contributed by atoms with Crippen molar-refractivity contribution in [3.05, 3.63) is 47.5 Å². The molecule has 0 saturated heterocycles. The third-order valence-corrected chi connectivity index (χ3v) is 3.55. The second-order valence-electron chi connectivity index (χ2n) is 4.95. The van der Waals surface area contributed by atoms with Crippen LogP contribution >= 0.6 is 0 Å². The van der Waals surface area contributed by atoms with Crippen LogP contribution in [0.2, 0.25) is 0 Å². The van der Waals surface area contributed by atoms with Crippen LogP contribution < -0.4 is 19.5 Å². The zero-order chi connectivity index (χ0) is 17.5. The van der Waals surface area contributed by atoms with E-state index in [4.69, 9.17) is 18.9 Å². The summed E-state index contributed by atoms with van der Waals surface area (Å²) in [6.45, 7) is 0.511. The molecule has 0 amide bonds. The number of methoxy groups -OCH3 is 4. The van der Waals surface area contributed by atoms with Crippen molar-refractivity contribution >= 4 is 11.7 Å². The summed E-state index contributed by atoms with van der Waals surface area (Å²) in [5.41, 5.74) is 1.99. The van der Waals surface area contributed by atoms with Crippen LogP contribution in [0, 0.1) is 0 Å². The normalized spacial score (nSPS) is 10.0. The van der Waals surface area contributed by atoms with E-state index in [-0.39, 0.29) is 0 Å². The second-order valence-corrected chi connectivity index (χ2v) is 4.95. The van der Waals surface area contributed by atoms with Gasteiger partial charge in [0, 0.05) is 18.7 Å². The minimum Gasteiger partial charge on any atom is -0.497 e. The number of carbonyl (C=O) groups excluding carboxylic acids is 1. The van der Waals surface area contributed by atoms with Crippen molar-refractivity contribution in [1.29, 1.82) is 0 Å². The molecule has 1 N–H and O–H groups in total. The van der Waals surface area contributed by atoms with Crippen molar-refractivity contribution in [3.8, 4) is 17.2 Å². The highest BCUT2D eigenvalue weighted by Crippen LogP contribution is 2.34. The van der Waals surface area contributed by atoms with Crippen LogP contribution in [0.4, 0.5) is 5.69 Å². The zero-order valence-electron chi connectivity index (χ0n) is 14.2. The largest absolute Gasteiger partial charge is 0.497 e. The lowest BCUT2D eigenvalue weighted by molar-refractivity contribution is 0.0601. The number of anilines is 1. The maximum absolute atomic E-state index is 12.0.